The van der Waals surface area contributed by atoms with Crippen LogP contribution >= 0.6 is 0 Å². The van der Waals surface area contributed by atoms with Crippen molar-refractivity contribution in [2.75, 3.05) is 6.61 Å². The maximum absolute atomic E-state index is 13.5. The largest absolute Gasteiger partial charge is 0.493 e. The molecule has 0 saturated carbocycles. The Hall–Kier alpha value is -2.61. The molecule has 0 amide bonds. The molecule has 0 aromatic heterocycles. The van der Waals surface area contributed by atoms with Gasteiger partial charge in [0.05, 0.1) is 12.2 Å². The van der Waals surface area contributed by atoms with Crippen LogP contribution in [0.1, 0.15) is 31.4 Å². The normalized spacial score (nSPS) is 17.9. The molecule has 8 heteroatoms. The molecule has 0 aliphatic carbocycles. The molecule has 5 nitrogen and oxygen atoms in total. The number of halogens is 3. The lowest BCUT2D eigenvalue weighted by Crippen LogP contribution is -2.22. The van der Waals surface area contributed by atoms with Gasteiger partial charge in [-0.3, -0.25) is 0 Å². The highest BCUT2D eigenvalue weighted by molar-refractivity contribution is 6.10. The Morgan fingerprint density at radius 1 is 1.37 bits per heavy atom. The van der Waals surface area contributed by atoms with Crippen LogP contribution in [0.15, 0.2) is 41.3 Å². The molecule has 4 N–H and O–H groups in total. The van der Waals surface area contributed by atoms with Crippen LogP contribution in [0.4, 0.5) is 13.2 Å². The standard InChI is InChI=1S/C19H23F3N4O/c1-12(8-13(2)24)11-27-17-5-4-14(9-16(17)19(20,21)22)15(10-23)18-25-6-3-7-26-18/h3-7,9-10,12-13,23,25H,8,11,24H2,1-2H3/b18-15-,23-10?. The molecular weight excluding hydrogens is 357 g/mol. The van der Waals surface area contributed by atoms with E-state index in [1.807, 2.05) is 13.8 Å². The number of nitrogens with two attached hydrogens (primary N) is 1. The summed E-state index contributed by atoms with van der Waals surface area (Å²) in [7, 11) is 0. The third-order valence-corrected chi connectivity index (χ3v) is 3.90. The number of alkyl halides is 3. The van der Waals surface area contributed by atoms with Crippen LogP contribution in [-0.2, 0) is 6.18 Å². The van der Waals surface area contributed by atoms with Crippen molar-refractivity contribution in [1.29, 1.82) is 5.41 Å². The van der Waals surface area contributed by atoms with Crippen molar-refractivity contribution in [2.24, 2.45) is 16.6 Å². The maximum Gasteiger partial charge on any atom is 0.419 e. The van der Waals surface area contributed by atoms with Gasteiger partial charge in [0, 0.05) is 30.2 Å². The highest BCUT2D eigenvalue weighted by Crippen LogP contribution is 2.38. The highest BCUT2D eigenvalue weighted by atomic mass is 19.4. The van der Waals surface area contributed by atoms with Crippen LogP contribution in [0.5, 0.6) is 5.75 Å². The predicted molar refractivity (Wildman–Crippen MR) is 101 cm³/mol. The van der Waals surface area contributed by atoms with Gasteiger partial charge < -0.3 is 21.2 Å². The van der Waals surface area contributed by atoms with Gasteiger partial charge in [0.2, 0.25) is 0 Å². The van der Waals surface area contributed by atoms with E-state index >= 15 is 0 Å². The van der Waals surface area contributed by atoms with Crippen LogP contribution in [0.25, 0.3) is 5.57 Å². The van der Waals surface area contributed by atoms with E-state index in [1.165, 1.54) is 18.3 Å². The van der Waals surface area contributed by atoms with Crippen LogP contribution in [0.3, 0.4) is 0 Å². The van der Waals surface area contributed by atoms with Gasteiger partial charge in [-0.05, 0) is 43.0 Å². The molecule has 2 unspecified atom stereocenters. The summed E-state index contributed by atoms with van der Waals surface area (Å²) in [5.41, 5.74) is 5.30. The molecule has 2 atom stereocenters. The highest BCUT2D eigenvalue weighted by Gasteiger charge is 2.35. The van der Waals surface area contributed by atoms with Crippen molar-refractivity contribution in [3.63, 3.8) is 0 Å². The summed E-state index contributed by atoms with van der Waals surface area (Å²) in [6.07, 6.45) is 1.77. The third kappa shape index (κ3) is 5.68. The Bertz CT molecular complexity index is 767. The van der Waals surface area contributed by atoms with E-state index in [0.29, 0.717) is 12.2 Å². The number of rotatable bonds is 7. The summed E-state index contributed by atoms with van der Waals surface area (Å²) in [6, 6.07) is 3.70. The topological polar surface area (TPSA) is 83.5 Å². The summed E-state index contributed by atoms with van der Waals surface area (Å²) < 4.78 is 46.1. The van der Waals surface area contributed by atoms with Crippen molar-refractivity contribution in [3.8, 4) is 5.75 Å². The maximum atomic E-state index is 13.5. The number of nitrogens with zero attached hydrogens (tertiary/aromatic N) is 1. The monoisotopic (exact) mass is 380 g/mol. The summed E-state index contributed by atoms with van der Waals surface area (Å²) >= 11 is 0. The fourth-order valence-electron chi connectivity index (χ4n) is 2.74. The van der Waals surface area contributed by atoms with Gasteiger partial charge in [-0.2, -0.15) is 13.2 Å². The fraction of sp³-hybridized carbons (Fsp3) is 0.368. The average Bonchev–Trinajstić information content (AvgIpc) is 2.60. The second-order valence-corrected chi connectivity index (χ2v) is 6.53. The lowest BCUT2D eigenvalue weighted by atomic mass is 10.0. The zero-order valence-electron chi connectivity index (χ0n) is 15.2. The first-order chi connectivity index (χ1) is 12.7. The molecule has 1 aliphatic rings. The first kappa shape index (κ1) is 20.7. The molecule has 0 saturated heterocycles. The summed E-state index contributed by atoms with van der Waals surface area (Å²) in [5.74, 6) is 0.0922. The fourth-order valence-corrected chi connectivity index (χ4v) is 2.74. The molecule has 0 radical (unpaired) electrons. The van der Waals surface area contributed by atoms with Gasteiger partial charge >= 0.3 is 6.18 Å². The summed E-state index contributed by atoms with van der Waals surface area (Å²) in [6.45, 7) is 3.86. The first-order valence-electron chi connectivity index (χ1n) is 8.53. The number of hydrogen-bond donors (Lipinski definition) is 3. The Morgan fingerprint density at radius 3 is 2.67 bits per heavy atom. The van der Waals surface area contributed by atoms with Crippen LogP contribution in [0, 0.1) is 11.3 Å². The minimum absolute atomic E-state index is 0.0255. The van der Waals surface area contributed by atoms with E-state index in [0.717, 1.165) is 12.3 Å². The van der Waals surface area contributed by atoms with Crippen molar-refractivity contribution in [1.82, 2.24) is 5.32 Å². The Balaban J connectivity index is 2.34. The molecule has 2 rings (SSSR count). The number of hydrogen-bond acceptors (Lipinski definition) is 5. The number of allylic oxidation sites excluding steroid dienone is 2. The molecule has 1 heterocycles. The average molecular weight is 380 g/mol. The SMILES string of the molecule is CC(N)CC(C)COc1ccc(/C(C=N)=C2\N=CC=CN2)cc1C(F)(F)F. The number of ether oxygens (including phenoxy) is 1. The Labute approximate surface area is 156 Å². The summed E-state index contributed by atoms with van der Waals surface area (Å²) in [4.78, 5) is 4.06. The first-order valence-corrected chi connectivity index (χ1v) is 8.53. The van der Waals surface area contributed by atoms with E-state index in [4.69, 9.17) is 15.9 Å². The minimum atomic E-state index is -4.59. The minimum Gasteiger partial charge on any atom is -0.493 e. The van der Waals surface area contributed by atoms with Crippen molar-refractivity contribution < 1.29 is 17.9 Å². The summed E-state index contributed by atoms with van der Waals surface area (Å²) in [5, 5.41) is 10.4. The van der Waals surface area contributed by atoms with Crippen molar-refractivity contribution in [3.05, 3.63) is 47.4 Å². The van der Waals surface area contributed by atoms with Crippen LogP contribution in [0.2, 0.25) is 0 Å². The molecule has 0 bridgehead atoms. The molecule has 27 heavy (non-hydrogen) atoms. The van der Waals surface area contributed by atoms with Crippen molar-refractivity contribution in [2.45, 2.75) is 32.5 Å². The van der Waals surface area contributed by atoms with Gasteiger partial charge in [0.1, 0.15) is 11.6 Å². The van der Waals surface area contributed by atoms with Gasteiger partial charge in [0.25, 0.3) is 0 Å². The number of aliphatic imine (C=N–C) groups is 1. The number of benzene rings is 1. The second kappa shape index (κ2) is 8.85. The van der Waals surface area contributed by atoms with E-state index in [2.05, 4.69) is 10.3 Å². The van der Waals surface area contributed by atoms with E-state index < -0.39 is 11.7 Å². The van der Waals surface area contributed by atoms with Gasteiger partial charge in [-0.1, -0.05) is 13.0 Å². The molecular formula is C19H23F3N4O. The quantitative estimate of drug-likeness (QED) is 0.626. The molecule has 1 aliphatic heterocycles. The molecule has 1 aromatic rings. The van der Waals surface area contributed by atoms with E-state index in [-0.39, 0.29) is 35.5 Å². The zero-order valence-corrected chi connectivity index (χ0v) is 15.2. The molecule has 0 spiro atoms. The zero-order chi connectivity index (χ0) is 20.0. The lowest BCUT2D eigenvalue weighted by molar-refractivity contribution is -0.139. The van der Waals surface area contributed by atoms with Gasteiger partial charge in [-0.25, -0.2) is 4.99 Å². The number of nitrogens with one attached hydrogen (secondary N) is 2. The molecule has 1 aromatic carbocycles. The second-order valence-electron chi connectivity index (χ2n) is 6.53. The van der Waals surface area contributed by atoms with Crippen LogP contribution in [-0.4, -0.2) is 25.1 Å². The van der Waals surface area contributed by atoms with E-state index in [9.17, 15) is 13.2 Å². The molecule has 146 valence electrons. The van der Waals surface area contributed by atoms with Gasteiger partial charge in [0.15, 0.2) is 0 Å². The Kier molecular flexibility index (Phi) is 6.79. The Morgan fingerprint density at radius 2 is 2.11 bits per heavy atom. The van der Waals surface area contributed by atoms with Gasteiger partial charge in [-0.15, -0.1) is 0 Å². The van der Waals surface area contributed by atoms with E-state index in [1.54, 1.807) is 12.3 Å². The van der Waals surface area contributed by atoms with Crippen molar-refractivity contribution >= 4 is 18.0 Å². The smallest absolute Gasteiger partial charge is 0.419 e. The predicted octanol–water partition coefficient (Wildman–Crippen LogP) is 3.96. The van der Waals surface area contributed by atoms with Crippen LogP contribution < -0.4 is 15.8 Å². The third-order valence-electron chi connectivity index (χ3n) is 3.90. The lowest BCUT2D eigenvalue weighted by Gasteiger charge is -2.19. The molecule has 0 fully saturated rings.